The van der Waals surface area contributed by atoms with Crippen molar-refractivity contribution in [3.8, 4) is 11.5 Å². The molecule has 0 aliphatic carbocycles. The Morgan fingerprint density at radius 1 is 1.14 bits per heavy atom. The molecule has 0 saturated carbocycles. The smallest absolute Gasteiger partial charge is 0.244 e. The molecule has 4 fully saturated rings. The lowest BCUT2D eigenvalue weighted by Crippen LogP contribution is -2.61. The largest absolute Gasteiger partial charge is 0.454 e. The number of ether oxygens (including phenoxy) is 2. The highest BCUT2D eigenvalue weighted by atomic mass is 16.7. The van der Waals surface area contributed by atoms with E-state index in [4.69, 9.17) is 9.47 Å². The number of aryl methyl sites for hydroxylation is 1. The monoisotopic (exact) mass is 394 g/mol. The van der Waals surface area contributed by atoms with Gasteiger partial charge in [0.25, 0.3) is 0 Å². The molecule has 29 heavy (non-hydrogen) atoms. The number of aromatic nitrogens is 2. The van der Waals surface area contributed by atoms with Gasteiger partial charge in [0.1, 0.15) is 6.54 Å². The summed E-state index contributed by atoms with van der Waals surface area (Å²) in [4.78, 5) is 18.1. The average molecular weight is 394 g/mol. The van der Waals surface area contributed by atoms with Gasteiger partial charge in [0.2, 0.25) is 12.7 Å². The van der Waals surface area contributed by atoms with Crippen molar-refractivity contribution in [1.29, 1.82) is 0 Å². The van der Waals surface area contributed by atoms with Crippen LogP contribution in [0.5, 0.6) is 11.5 Å². The lowest BCUT2D eigenvalue weighted by Gasteiger charge is -2.51. The van der Waals surface area contributed by atoms with Crippen LogP contribution in [0.3, 0.4) is 0 Å². The molecule has 7 rings (SSSR count). The van der Waals surface area contributed by atoms with E-state index in [1.165, 1.54) is 18.4 Å². The molecule has 5 aliphatic rings. The van der Waals surface area contributed by atoms with Gasteiger partial charge in [-0.1, -0.05) is 6.07 Å². The first-order valence-electron chi connectivity index (χ1n) is 10.6. The van der Waals surface area contributed by atoms with Gasteiger partial charge in [0.15, 0.2) is 11.5 Å². The molecule has 1 amide bonds. The fraction of sp³-hybridized carbons (Fsp3) is 0.545. The Labute approximate surface area is 170 Å². The minimum Gasteiger partial charge on any atom is -0.454 e. The minimum absolute atomic E-state index is 0.184. The number of fused-ring (bicyclic) bond motifs is 3. The Balaban J connectivity index is 1.33. The number of piperidine rings is 3. The molecule has 3 atom stereocenters. The summed E-state index contributed by atoms with van der Waals surface area (Å²) >= 11 is 0. The third-order valence-corrected chi connectivity index (χ3v) is 7.35. The highest BCUT2D eigenvalue weighted by Gasteiger charge is 2.54. The number of likely N-dealkylation sites (tertiary alicyclic amines) is 1. The van der Waals surface area contributed by atoms with Gasteiger partial charge >= 0.3 is 0 Å². The van der Waals surface area contributed by atoms with E-state index in [1.807, 2.05) is 23.7 Å². The number of hydrogen-bond donors (Lipinski definition) is 0. The van der Waals surface area contributed by atoms with Crippen LogP contribution in [0, 0.1) is 12.8 Å². The zero-order valence-corrected chi connectivity index (χ0v) is 16.7. The molecule has 0 unspecified atom stereocenters. The Kier molecular flexibility index (Phi) is 3.88. The van der Waals surface area contributed by atoms with Crippen molar-refractivity contribution in [2.24, 2.45) is 5.92 Å². The number of hydrogen-bond acceptors (Lipinski definition) is 5. The molecule has 2 aromatic rings. The van der Waals surface area contributed by atoms with Crippen molar-refractivity contribution in [1.82, 2.24) is 19.6 Å². The average Bonchev–Trinajstić information content (AvgIpc) is 3.47. The fourth-order valence-corrected chi connectivity index (χ4v) is 5.92. The standard InChI is InChI=1S/C22H26N4O3/c1-14-4-7-23-26(14)12-20(27)25-11-17(16-2-3-18-19(10-16)29-13-28-18)22-21(25)15-5-8-24(22)9-6-15/h2-4,7,10,15,17,21-22H,5-6,8-9,11-13H2,1H3/t17-,21+,22+/m0/s1. The third kappa shape index (κ3) is 2.67. The highest BCUT2D eigenvalue weighted by Crippen LogP contribution is 2.48. The van der Waals surface area contributed by atoms with Crippen LogP contribution in [-0.2, 0) is 11.3 Å². The Morgan fingerprint density at radius 3 is 2.76 bits per heavy atom. The molecular weight excluding hydrogens is 368 g/mol. The fourth-order valence-electron chi connectivity index (χ4n) is 5.92. The van der Waals surface area contributed by atoms with E-state index < -0.39 is 0 Å². The van der Waals surface area contributed by atoms with Crippen molar-refractivity contribution in [2.75, 3.05) is 26.4 Å². The Morgan fingerprint density at radius 2 is 1.97 bits per heavy atom. The maximum atomic E-state index is 13.4. The first-order valence-corrected chi connectivity index (χ1v) is 10.6. The number of amides is 1. The quantitative estimate of drug-likeness (QED) is 0.797. The normalized spacial score (nSPS) is 31.9. The van der Waals surface area contributed by atoms with Crippen molar-refractivity contribution in [2.45, 2.75) is 44.3 Å². The summed E-state index contributed by atoms with van der Waals surface area (Å²) in [5, 5.41) is 4.32. The van der Waals surface area contributed by atoms with E-state index in [1.54, 1.807) is 6.20 Å². The molecule has 6 heterocycles. The Hall–Kier alpha value is -2.54. The number of rotatable bonds is 3. The second kappa shape index (κ2) is 6.49. The van der Waals surface area contributed by atoms with Gasteiger partial charge in [-0.05, 0) is 62.5 Å². The summed E-state index contributed by atoms with van der Waals surface area (Å²) < 4.78 is 12.9. The van der Waals surface area contributed by atoms with Gasteiger partial charge in [-0.25, -0.2) is 0 Å². The van der Waals surface area contributed by atoms with Crippen molar-refractivity contribution < 1.29 is 14.3 Å². The molecular formula is C22H26N4O3. The second-order valence-electron chi connectivity index (χ2n) is 8.75. The predicted molar refractivity (Wildman–Crippen MR) is 106 cm³/mol. The van der Waals surface area contributed by atoms with E-state index in [-0.39, 0.29) is 12.7 Å². The van der Waals surface area contributed by atoms with Crippen LogP contribution in [-0.4, -0.2) is 64.0 Å². The second-order valence-corrected chi connectivity index (χ2v) is 8.75. The zero-order valence-electron chi connectivity index (χ0n) is 16.7. The van der Waals surface area contributed by atoms with Gasteiger partial charge in [0.05, 0.1) is 6.04 Å². The van der Waals surface area contributed by atoms with E-state index in [0.29, 0.717) is 30.5 Å². The molecule has 2 bridgehead atoms. The number of carbonyl (C=O) groups excluding carboxylic acids is 1. The predicted octanol–water partition coefficient (Wildman–Crippen LogP) is 2.01. The van der Waals surface area contributed by atoms with Gasteiger partial charge in [-0.15, -0.1) is 0 Å². The first-order chi connectivity index (χ1) is 14.2. The van der Waals surface area contributed by atoms with Crippen LogP contribution < -0.4 is 9.47 Å². The van der Waals surface area contributed by atoms with Crippen LogP contribution in [0.25, 0.3) is 0 Å². The summed E-state index contributed by atoms with van der Waals surface area (Å²) in [6.07, 6.45) is 4.15. The van der Waals surface area contributed by atoms with Gasteiger partial charge in [-0.2, -0.15) is 5.10 Å². The van der Waals surface area contributed by atoms with Crippen molar-refractivity contribution in [3.05, 3.63) is 41.7 Å². The van der Waals surface area contributed by atoms with Crippen molar-refractivity contribution in [3.63, 3.8) is 0 Å². The van der Waals surface area contributed by atoms with E-state index in [9.17, 15) is 4.79 Å². The highest BCUT2D eigenvalue weighted by molar-refractivity contribution is 5.77. The Bertz CT molecular complexity index is 949. The van der Waals surface area contributed by atoms with Crippen LogP contribution >= 0.6 is 0 Å². The molecule has 0 spiro atoms. The van der Waals surface area contributed by atoms with E-state index in [2.05, 4.69) is 27.0 Å². The molecule has 0 N–H and O–H groups in total. The molecule has 1 aromatic carbocycles. The summed E-state index contributed by atoms with van der Waals surface area (Å²) in [6, 6.07) is 8.94. The molecule has 4 saturated heterocycles. The molecule has 7 nitrogen and oxygen atoms in total. The zero-order chi connectivity index (χ0) is 19.5. The number of nitrogens with zero attached hydrogens (tertiary/aromatic N) is 4. The van der Waals surface area contributed by atoms with Gasteiger partial charge in [-0.3, -0.25) is 14.4 Å². The lowest BCUT2D eigenvalue weighted by atomic mass is 9.75. The van der Waals surface area contributed by atoms with Crippen LogP contribution in [0.1, 0.15) is 30.0 Å². The van der Waals surface area contributed by atoms with Crippen LogP contribution in [0.4, 0.5) is 0 Å². The minimum atomic E-state index is 0.184. The first kappa shape index (κ1) is 17.3. The maximum absolute atomic E-state index is 13.4. The molecule has 152 valence electrons. The van der Waals surface area contributed by atoms with Gasteiger partial charge in [0, 0.05) is 30.4 Å². The molecule has 5 aliphatic heterocycles. The molecule has 1 aromatic heterocycles. The lowest BCUT2D eigenvalue weighted by molar-refractivity contribution is -0.136. The summed E-state index contributed by atoms with van der Waals surface area (Å²) in [7, 11) is 0. The summed E-state index contributed by atoms with van der Waals surface area (Å²) in [5.41, 5.74) is 2.28. The van der Waals surface area contributed by atoms with Crippen LogP contribution in [0.2, 0.25) is 0 Å². The van der Waals surface area contributed by atoms with Crippen LogP contribution in [0.15, 0.2) is 30.5 Å². The molecule has 7 heteroatoms. The number of benzene rings is 1. The summed E-state index contributed by atoms with van der Waals surface area (Å²) in [5.74, 6) is 2.73. The van der Waals surface area contributed by atoms with Crippen molar-refractivity contribution >= 4 is 5.91 Å². The maximum Gasteiger partial charge on any atom is 0.244 e. The van der Waals surface area contributed by atoms with E-state index >= 15 is 0 Å². The molecule has 0 radical (unpaired) electrons. The van der Waals surface area contributed by atoms with E-state index in [0.717, 1.165) is 36.8 Å². The SMILES string of the molecule is Cc1ccnn1CC(=O)N1C[C@@H](c2ccc3c(c2)OCO3)[C@@H]2[C@H]1C1CCN2CC1. The third-order valence-electron chi connectivity index (χ3n) is 7.35. The topological polar surface area (TPSA) is 59.8 Å². The number of carbonyl (C=O) groups is 1. The van der Waals surface area contributed by atoms with Gasteiger partial charge < -0.3 is 14.4 Å². The summed E-state index contributed by atoms with van der Waals surface area (Å²) in [6.45, 7) is 5.67.